The molecule has 6 nitrogen and oxygen atoms in total. The first kappa shape index (κ1) is 17.2. The quantitative estimate of drug-likeness (QED) is 0.800. The summed E-state index contributed by atoms with van der Waals surface area (Å²) in [5.41, 5.74) is 2.70. The molecule has 1 aliphatic rings. The van der Waals surface area contributed by atoms with Gasteiger partial charge in [0.05, 0.1) is 17.4 Å². The van der Waals surface area contributed by atoms with Gasteiger partial charge in [0.15, 0.2) is 0 Å². The molecule has 3 rings (SSSR count). The second kappa shape index (κ2) is 7.96. The van der Waals surface area contributed by atoms with Gasteiger partial charge in [-0.15, -0.1) is 0 Å². The van der Waals surface area contributed by atoms with Gasteiger partial charge in [0, 0.05) is 25.2 Å². The summed E-state index contributed by atoms with van der Waals surface area (Å²) in [6.45, 7) is 4.00. The number of hydrogen-bond acceptors (Lipinski definition) is 3. The minimum Gasteiger partial charge on any atom is -0.351 e. The van der Waals surface area contributed by atoms with Crippen LogP contribution in [-0.2, 0) is 16.1 Å². The van der Waals surface area contributed by atoms with Crippen LogP contribution in [0.1, 0.15) is 26.2 Å². The maximum atomic E-state index is 12.7. The molecule has 6 heteroatoms. The summed E-state index contributed by atoms with van der Waals surface area (Å²) in [6.07, 6.45) is 6.39. The van der Waals surface area contributed by atoms with E-state index in [1.54, 1.807) is 6.33 Å². The first-order valence-corrected chi connectivity index (χ1v) is 8.84. The molecular weight excluding hydrogens is 316 g/mol. The summed E-state index contributed by atoms with van der Waals surface area (Å²) < 4.78 is 1.87. The molecule has 1 heterocycles. The molecular formula is C19H24N4O2. The van der Waals surface area contributed by atoms with E-state index in [4.69, 9.17) is 0 Å². The number of para-hydroxylation sites is 2. The smallest absolute Gasteiger partial charge is 0.246 e. The average Bonchev–Trinajstić information content (AvgIpc) is 2.95. The Balaban J connectivity index is 1.57. The van der Waals surface area contributed by atoms with Gasteiger partial charge < -0.3 is 14.8 Å². The van der Waals surface area contributed by atoms with Crippen LogP contribution in [-0.4, -0.2) is 45.9 Å². The molecule has 1 aromatic heterocycles. The normalized spacial score (nSPS) is 13.2. The first-order valence-electron chi connectivity index (χ1n) is 8.84. The summed E-state index contributed by atoms with van der Waals surface area (Å²) in [6, 6.07) is 7.78. The van der Waals surface area contributed by atoms with Crippen molar-refractivity contribution >= 4 is 22.8 Å². The number of nitrogens with zero attached hydrogens (tertiary/aromatic N) is 3. The van der Waals surface area contributed by atoms with Crippen molar-refractivity contribution in [2.75, 3.05) is 19.6 Å². The van der Waals surface area contributed by atoms with E-state index >= 15 is 0 Å². The van der Waals surface area contributed by atoms with Gasteiger partial charge in [-0.1, -0.05) is 25.1 Å². The van der Waals surface area contributed by atoms with Gasteiger partial charge in [-0.2, -0.15) is 0 Å². The lowest BCUT2D eigenvalue weighted by Gasteiger charge is -2.23. The molecule has 0 atom stereocenters. The van der Waals surface area contributed by atoms with E-state index in [0.717, 1.165) is 35.9 Å². The average molecular weight is 340 g/mol. The second-order valence-electron chi connectivity index (χ2n) is 6.27. The zero-order valence-corrected chi connectivity index (χ0v) is 14.6. The van der Waals surface area contributed by atoms with Crippen LogP contribution in [0.3, 0.4) is 0 Å². The van der Waals surface area contributed by atoms with E-state index < -0.39 is 0 Å². The molecule has 0 saturated carbocycles. The second-order valence-corrected chi connectivity index (χ2v) is 6.27. The van der Waals surface area contributed by atoms with Crippen molar-refractivity contribution in [1.82, 2.24) is 19.8 Å². The Morgan fingerprint density at radius 3 is 2.80 bits per heavy atom. The maximum absolute atomic E-state index is 12.7. The van der Waals surface area contributed by atoms with Crippen molar-refractivity contribution in [3.8, 4) is 0 Å². The molecule has 132 valence electrons. The number of rotatable bonds is 8. The number of fused-ring (bicyclic) bond motifs is 1. The third kappa shape index (κ3) is 4.07. The van der Waals surface area contributed by atoms with Crippen molar-refractivity contribution in [2.24, 2.45) is 0 Å². The first-order chi connectivity index (χ1) is 12.2. The largest absolute Gasteiger partial charge is 0.351 e. The Labute approximate surface area is 147 Å². The highest BCUT2D eigenvalue weighted by Gasteiger charge is 2.17. The van der Waals surface area contributed by atoms with Gasteiger partial charge in [0.25, 0.3) is 0 Å². The van der Waals surface area contributed by atoms with Crippen LogP contribution in [0.2, 0.25) is 0 Å². The summed E-state index contributed by atoms with van der Waals surface area (Å²) in [7, 11) is 0. The lowest BCUT2D eigenvalue weighted by atomic mass is 9.98. The monoisotopic (exact) mass is 340 g/mol. The molecule has 0 saturated heterocycles. The molecule has 0 bridgehead atoms. The fourth-order valence-corrected chi connectivity index (χ4v) is 2.93. The van der Waals surface area contributed by atoms with Gasteiger partial charge >= 0.3 is 0 Å². The van der Waals surface area contributed by atoms with Gasteiger partial charge in [0.1, 0.15) is 6.54 Å². The van der Waals surface area contributed by atoms with Crippen molar-refractivity contribution in [2.45, 2.75) is 32.7 Å². The summed E-state index contributed by atoms with van der Waals surface area (Å²) in [4.78, 5) is 30.7. The summed E-state index contributed by atoms with van der Waals surface area (Å²) >= 11 is 0. The maximum Gasteiger partial charge on any atom is 0.246 e. The molecule has 0 fully saturated rings. The minimum atomic E-state index is -0.00393. The fraction of sp³-hybridized carbons (Fsp3) is 0.421. The highest BCUT2D eigenvalue weighted by molar-refractivity contribution is 5.94. The number of carbonyl (C=O) groups is 2. The van der Waals surface area contributed by atoms with E-state index in [0.29, 0.717) is 19.6 Å². The van der Waals surface area contributed by atoms with Crippen LogP contribution >= 0.6 is 0 Å². The number of amides is 2. The Bertz CT molecular complexity index is 794. The number of hydrogen-bond donors (Lipinski definition) is 1. The molecule has 0 radical (unpaired) electrons. The number of aromatic nitrogens is 2. The van der Waals surface area contributed by atoms with Crippen LogP contribution < -0.4 is 5.32 Å². The van der Waals surface area contributed by atoms with Gasteiger partial charge in [-0.3, -0.25) is 9.59 Å². The van der Waals surface area contributed by atoms with E-state index in [9.17, 15) is 9.59 Å². The van der Waals surface area contributed by atoms with Crippen LogP contribution in [0.15, 0.2) is 42.2 Å². The number of carbonyl (C=O) groups excluding carboxylic acids is 2. The lowest BCUT2D eigenvalue weighted by molar-refractivity contribution is -0.132. The summed E-state index contributed by atoms with van der Waals surface area (Å²) in [5, 5.41) is 2.90. The highest BCUT2D eigenvalue weighted by atomic mass is 16.2. The van der Waals surface area contributed by atoms with Crippen molar-refractivity contribution in [3.05, 3.63) is 42.2 Å². The summed E-state index contributed by atoms with van der Waals surface area (Å²) in [5.74, 6) is 0.0397. The molecule has 1 aromatic carbocycles. The molecule has 2 amide bonds. The molecule has 0 unspecified atom stereocenters. The molecule has 25 heavy (non-hydrogen) atoms. The molecule has 1 aliphatic carbocycles. The number of benzene rings is 1. The Morgan fingerprint density at radius 2 is 2.08 bits per heavy atom. The number of imidazole rings is 1. The minimum absolute atomic E-state index is 0.00393. The third-order valence-corrected chi connectivity index (χ3v) is 4.44. The van der Waals surface area contributed by atoms with Crippen molar-refractivity contribution in [1.29, 1.82) is 0 Å². The Morgan fingerprint density at radius 1 is 1.28 bits per heavy atom. The zero-order valence-electron chi connectivity index (χ0n) is 14.6. The third-order valence-electron chi connectivity index (χ3n) is 4.44. The SMILES string of the molecule is CCCN(CCNC(=O)C1=CCC1)C(=O)Cn1cnc2ccccc21. The van der Waals surface area contributed by atoms with Crippen molar-refractivity contribution in [3.63, 3.8) is 0 Å². The molecule has 2 aromatic rings. The predicted octanol–water partition coefficient (Wildman–Crippen LogP) is 2.11. The number of nitrogens with one attached hydrogen (secondary N) is 1. The van der Waals surface area contributed by atoms with Crippen molar-refractivity contribution < 1.29 is 9.59 Å². The topological polar surface area (TPSA) is 67.2 Å². The standard InChI is InChI=1S/C19H24N4O2/c1-2-11-22(12-10-20-19(25)15-6-5-7-15)18(24)13-23-14-21-16-8-3-4-9-17(16)23/h3-4,6,8-9,14H,2,5,7,10-13H2,1H3,(H,20,25). The molecule has 0 aliphatic heterocycles. The lowest BCUT2D eigenvalue weighted by Crippen LogP contribution is -2.41. The Hall–Kier alpha value is -2.63. The van der Waals surface area contributed by atoms with E-state index in [-0.39, 0.29) is 18.4 Å². The van der Waals surface area contributed by atoms with E-state index in [1.165, 1.54) is 0 Å². The van der Waals surface area contributed by atoms with Crippen LogP contribution in [0.25, 0.3) is 11.0 Å². The van der Waals surface area contributed by atoms with Crippen LogP contribution in [0, 0.1) is 0 Å². The molecule has 0 spiro atoms. The van der Waals surface area contributed by atoms with Gasteiger partial charge in [-0.25, -0.2) is 4.98 Å². The van der Waals surface area contributed by atoms with E-state index in [1.807, 2.05) is 46.7 Å². The van der Waals surface area contributed by atoms with Crippen LogP contribution in [0.5, 0.6) is 0 Å². The fourth-order valence-electron chi connectivity index (χ4n) is 2.93. The zero-order chi connectivity index (χ0) is 17.6. The van der Waals surface area contributed by atoms with Crippen LogP contribution in [0.4, 0.5) is 0 Å². The van der Waals surface area contributed by atoms with E-state index in [2.05, 4.69) is 10.3 Å². The Kier molecular flexibility index (Phi) is 5.48. The van der Waals surface area contributed by atoms with Gasteiger partial charge in [-0.05, 0) is 31.4 Å². The predicted molar refractivity (Wildman–Crippen MR) is 96.9 cm³/mol. The highest BCUT2D eigenvalue weighted by Crippen LogP contribution is 2.17. The molecule has 1 N–H and O–H groups in total. The number of allylic oxidation sites excluding steroid dienone is 1. The van der Waals surface area contributed by atoms with Gasteiger partial charge in [0.2, 0.25) is 11.8 Å².